The monoisotopic (exact) mass is 652 g/mol. The first-order chi connectivity index (χ1) is 22.2. The first-order valence-corrected chi connectivity index (χ1v) is 17.0. The number of carbonyl (C=O) groups excluding carboxylic acids is 3. The molecule has 0 radical (unpaired) electrons. The Balaban J connectivity index is 0.000000411. The van der Waals surface area contributed by atoms with E-state index in [0.29, 0.717) is 59.9 Å². The van der Waals surface area contributed by atoms with E-state index in [-0.39, 0.29) is 31.1 Å². The number of amides is 4. The summed E-state index contributed by atoms with van der Waals surface area (Å²) in [5.41, 5.74) is 2.64. The van der Waals surface area contributed by atoms with Crippen molar-refractivity contribution >= 4 is 34.9 Å². The molecule has 0 spiro atoms. The second-order valence-electron chi connectivity index (χ2n) is 10.9. The molecule has 11 heteroatoms. The number of phenolic OH excluding ortho intramolecular Hbond substituents is 1. The van der Waals surface area contributed by atoms with Gasteiger partial charge in [-0.25, -0.2) is 4.79 Å². The predicted molar refractivity (Wildman–Crippen MR) is 183 cm³/mol. The minimum Gasteiger partial charge on any atom is -0.508 e. The third-order valence-electron chi connectivity index (χ3n) is 7.43. The number of anilines is 1. The highest BCUT2D eigenvalue weighted by Gasteiger charge is 2.44. The van der Waals surface area contributed by atoms with Crippen LogP contribution in [-0.4, -0.2) is 65.3 Å². The molecule has 0 bridgehead atoms. The van der Waals surface area contributed by atoms with Crippen LogP contribution < -0.4 is 19.7 Å². The fourth-order valence-corrected chi connectivity index (χ4v) is 5.89. The second-order valence-corrected chi connectivity index (χ2v) is 11.9. The Kier molecular flexibility index (Phi) is 13.7. The van der Waals surface area contributed by atoms with Gasteiger partial charge in [-0.3, -0.25) is 14.5 Å². The standard InChI is InChI=1S/C24H28N4O5S.C7H8O.2C2H6/c1-15(2)5-8-26-13-20-27(9-6-21(26)29)23(30)22-17(7-10-34-22)28(20)24(31)25-12-16-3-4-18-19(11-16)33-14-32-18;1-6-2-4-7(8)5-3-6;2*1-2/h3-4,7,10-11,15,20H,5-6,8-9,12-14H2,1-2H3,(H,25,31);2-5,8H,1H3;2*1-2H3. The molecular weight excluding hydrogens is 604 g/mol. The molecule has 3 aromatic rings. The maximum absolute atomic E-state index is 13.5. The third-order valence-corrected chi connectivity index (χ3v) is 8.32. The molecule has 1 unspecified atom stereocenters. The number of aryl methyl sites for hydroxylation is 1. The van der Waals surface area contributed by atoms with Crippen LogP contribution in [0.1, 0.15) is 75.2 Å². The Bertz CT molecular complexity index is 1420. The van der Waals surface area contributed by atoms with E-state index in [4.69, 9.17) is 14.6 Å². The summed E-state index contributed by atoms with van der Waals surface area (Å²) in [7, 11) is 0. The maximum atomic E-state index is 13.5. The number of hydrogen-bond acceptors (Lipinski definition) is 7. The minimum atomic E-state index is -0.551. The van der Waals surface area contributed by atoms with Gasteiger partial charge in [0.05, 0.1) is 12.2 Å². The van der Waals surface area contributed by atoms with Crippen LogP contribution in [0.5, 0.6) is 17.2 Å². The van der Waals surface area contributed by atoms with Crippen LogP contribution in [0.3, 0.4) is 0 Å². The number of aromatic hydroxyl groups is 1. The number of phenols is 1. The molecule has 2 aromatic carbocycles. The van der Waals surface area contributed by atoms with Crippen LogP contribution in [0.25, 0.3) is 0 Å². The van der Waals surface area contributed by atoms with E-state index in [2.05, 4.69) is 19.2 Å². The van der Waals surface area contributed by atoms with E-state index < -0.39 is 6.17 Å². The number of carbonyl (C=O) groups is 3. The summed E-state index contributed by atoms with van der Waals surface area (Å²) >= 11 is 1.32. The smallest absolute Gasteiger partial charge is 0.323 e. The number of urea groups is 1. The van der Waals surface area contributed by atoms with E-state index >= 15 is 0 Å². The SMILES string of the molecule is CC.CC.CC(C)CCN1CC2N(CCC1=O)C(=O)c1sccc1N2C(=O)NCc1ccc2c(c1)OCO2.Cc1ccc(O)cc1. The van der Waals surface area contributed by atoms with Crippen molar-refractivity contribution in [2.75, 3.05) is 31.3 Å². The Morgan fingerprint density at radius 3 is 2.39 bits per heavy atom. The largest absolute Gasteiger partial charge is 0.508 e. The van der Waals surface area contributed by atoms with E-state index in [1.54, 1.807) is 32.9 Å². The molecule has 1 aromatic heterocycles. The van der Waals surface area contributed by atoms with E-state index in [1.165, 1.54) is 16.9 Å². The van der Waals surface area contributed by atoms with Gasteiger partial charge in [-0.2, -0.15) is 0 Å². The molecule has 0 aliphatic carbocycles. The van der Waals surface area contributed by atoms with Crippen molar-refractivity contribution in [2.24, 2.45) is 5.92 Å². The highest BCUT2D eigenvalue weighted by molar-refractivity contribution is 7.12. The van der Waals surface area contributed by atoms with Crippen LogP contribution in [0.2, 0.25) is 0 Å². The van der Waals surface area contributed by atoms with Crippen LogP contribution in [-0.2, 0) is 11.3 Å². The molecule has 6 rings (SSSR count). The molecule has 250 valence electrons. The van der Waals surface area contributed by atoms with Crippen molar-refractivity contribution in [1.82, 2.24) is 15.1 Å². The molecule has 4 amide bonds. The molecule has 3 aliphatic rings. The van der Waals surface area contributed by atoms with Crippen LogP contribution in [0, 0.1) is 12.8 Å². The first-order valence-electron chi connectivity index (χ1n) is 16.1. The average molecular weight is 653 g/mol. The third kappa shape index (κ3) is 8.93. The maximum Gasteiger partial charge on any atom is 0.323 e. The number of thiophene rings is 1. The molecular formula is C35H48N4O6S. The van der Waals surface area contributed by atoms with Gasteiger partial charge >= 0.3 is 6.03 Å². The Hall–Kier alpha value is -4.25. The molecule has 2 N–H and O–H groups in total. The van der Waals surface area contributed by atoms with Crippen LogP contribution in [0.4, 0.5) is 10.5 Å². The van der Waals surface area contributed by atoms with Crippen molar-refractivity contribution < 1.29 is 29.0 Å². The molecule has 4 heterocycles. The highest BCUT2D eigenvalue weighted by atomic mass is 32.1. The van der Waals surface area contributed by atoms with E-state index in [1.807, 2.05) is 70.3 Å². The van der Waals surface area contributed by atoms with Gasteiger partial charge in [0, 0.05) is 26.1 Å². The zero-order valence-electron chi connectivity index (χ0n) is 28.0. The lowest BCUT2D eigenvalue weighted by Crippen LogP contribution is -2.61. The summed E-state index contributed by atoms with van der Waals surface area (Å²) in [5, 5.41) is 13.6. The summed E-state index contributed by atoms with van der Waals surface area (Å²) in [5.74, 6) is 2.03. The van der Waals surface area contributed by atoms with Gasteiger partial charge in [0.1, 0.15) is 16.8 Å². The molecule has 46 heavy (non-hydrogen) atoms. The molecule has 1 atom stereocenters. The first kappa shape index (κ1) is 36.2. The van der Waals surface area contributed by atoms with Crippen LogP contribution in [0.15, 0.2) is 53.9 Å². The summed E-state index contributed by atoms with van der Waals surface area (Å²) in [6, 6.07) is 14.1. The molecule has 3 aliphatic heterocycles. The lowest BCUT2D eigenvalue weighted by Gasteiger charge is -2.43. The number of fused-ring (bicyclic) bond motifs is 3. The number of hydrogen-bond donors (Lipinski definition) is 2. The normalized spacial score (nSPS) is 16.1. The topological polar surface area (TPSA) is 112 Å². The number of rotatable bonds is 5. The highest BCUT2D eigenvalue weighted by Crippen LogP contribution is 2.37. The van der Waals surface area contributed by atoms with Gasteiger partial charge in [-0.15, -0.1) is 11.3 Å². The van der Waals surface area contributed by atoms with Crippen molar-refractivity contribution in [3.05, 3.63) is 69.9 Å². The van der Waals surface area contributed by atoms with Gasteiger partial charge in [0.2, 0.25) is 12.7 Å². The number of benzene rings is 2. The van der Waals surface area contributed by atoms with Crippen molar-refractivity contribution in [2.45, 2.75) is 74.0 Å². The Morgan fingerprint density at radius 1 is 1.02 bits per heavy atom. The number of nitrogens with one attached hydrogen (secondary N) is 1. The summed E-state index contributed by atoms with van der Waals surface area (Å²) in [4.78, 5) is 45.2. The summed E-state index contributed by atoms with van der Waals surface area (Å²) < 4.78 is 10.8. The van der Waals surface area contributed by atoms with Crippen molar-refractivity contribution in [3.63, 3.8) is 0 Å². The second kappa shape index (κ2) is 17.4. The fraction of sp³-hybridized carbons (Fsp3) is 0.457. The summed E-state index contributed by atoms with van der Waals surface area (Å²) in [6.07, 6.45) is 0.574. The summed E-state index contributed by atoms with van der Waals surface area (Å²) in [6.45, 7) is 15.9. The average Bonchev–Trinajstić information content (AvgIpc) is 3.71. The Morgan fingerprint density at radius 2 is 1.72 bits per heavy atom. The number of nitrogens with zero attached hydrogens (tertiary/aromatic N) is 3. The molecule has 10 nitrogen and oxygen atoms in total. The number of ether oxygens (including phenoxy) is 2. The lowest BCUT2D eigenvalue weighted by molar-refractivity contribution is -0.130. The van der Waals surface area contributed by atoms with E-state index in [9.17, 15) is 14.4 Å². The lowest BCUT2D eigenvalue weighted by atomic mass is 10.1. The zero-order valence-corrected chi connectivity index (χ0v) is 28.9. The molecule has 1 saturated heterocycles. The van der Waals surface area contributed by atoms with Gasteiger partial charge < -0.3 is 29.7 Å². The van der Waals surface area contributed by atoms with Gasteiger partial charge in [0.15, 0.2) is 11.5 Å². The quantitative estimate of drug-likeness (QED) is 0.307. The Labute approximate surface area is 276 Å². The van der Waals surface area contributed by atoms with Gasteiger partial charge in [0.25, 0.3) is 5.91 Å². The fourth-order valence-electron chi connectivity index (χ4n) is 5.06. The zero-order chi connectivity index (χ0) is 33.8. The van der Waals surface area contributed by atoms with Gasteiger partial charge in [-0.05, 0) is 60.5 Å². The van der Waals surface area contributed by atoms with Crippen molar-refractivity contribution in [3.8, 4) is 17.2 Å². The van der Waals surface area contributed by atoms with E-state index in [0.717, 1.165) is 12.0 Å². The van der Waals surface area contributed by atoms with Crippen molar-refractivity contribution in [1.29, 1.82) is 0 Å². The molecule has 1 fully saturated rings. The van der Waals surface area contributed by atoms with Crippen LogP contribution >= 0.6 is 11.3 Å². The predicted octanol–water partition coefficient (Wildman–Crippen LogP) is 7.01. The van der Waals surface area contributed by atoms with Gasteiger partial charge in [-0.1, -0.05) is 65.3 Å². The minimum absolute atomic E-state index is 0.0203. The molecule has 0 saturated carbocycles.